The first kappa shape index (κ1) is 27.6. The van der Waals surface area contributed by atoms with E-state index in [2.05, 4.69) is 35.6 Å². The fraction of sp³-hybridized carbons (Fsp3) is 0.115. The van der Waals surface area contributed by atoms with Crippen LogP contribution in [0.5, 0.6) is 5.88 Å². The Morgan fingerprint density at radius 3 is 2.20 bits per heavy atom. The number of ether oxygens (including phenoxy) is 1. The fourth-order valence-electron chi connectivity index (χ4n) is 3.54. The Labute approximate surface area is 224 Å². The lowest BCUT2D eigenvalue weighted by molar-refractivity contribution is -0.137. The Morgan fingerprint density at radius 2 is 1.57 bits per heavy atom. The molecule has 0 bridgehead atoms. The van der Waals surface area contributed by atoms with Crippen molar-refractivity contribution in [3.63, 3.8) is 0 Å². The van der Waals surface area contributed by atoms with Crippen molar-refractivity contribution in [2.75, 3.05) is 16.0 Å². The van der Waals surface area contributed by atoms with E-state index >= 15 is 0 Å². The van der Waals surface area contributed by atoms with E-state index in [9.17, 15) is 27.6 Å². The molecule has 4 aromatic rings. The molecule has 14 heteroatoms. The molecule has 0 aliphatic rings. The Hall–Kier alpha value is -5.40. The van der Waals surface area contributed by atoms with Gasteiger partial charge in [-0.1, -0.05) is 18.2 Å². The van der Waals surface area contributed by atoms with Crippen molar-refractivity contribution in [1.82, 2.24) is 15.0 Å². The van der Waals surface area contributed by atoms with Crippen LogP contribution in [-0.4, -0.2) is 38.2 Å². The number of hydrogen-bond donors (Lipinski definition) is 5. The smallest absolute Gasteiger partial charge is 0.449 e. The third-order valence-corrected chi connectivity index (χ3v) is 5.31. The zero-order valence-corrected chi connectivity index (χ0v) is 20.5. The van der Waals surface area contributed by atoms with Crippen LogP contribution in [0.1, 0.15) is 22.5 Å². The highest BCUT2D eigenvalue weighted by atomic mass is 19.4. The Balaban J connectivity index is 1.38. The SMILES string of the molecule is O=C(Cc1cccnc1)Nc1ccc(Cc2nc(OC(=O)O)c(NC(=O)Nc3ccc(C(F)(F)F)cc3)[nH]2)cc1. The number of rotatable bonds is 8. The number of pyridine rings is 1. The maximum Gasteiger partial charge on any atom is 0.512 e. The Bertz CT molecular complexity index is 1490. The number of nitrogens with zero attached hydrogens (tertiary/aromatic N) is 2. The molecule has 4 rings (SSSR count). The minimum absolute atomic E-state index is 0.0681. The number of imidazole rings is 1. The number of carboxylic acid groups (broad SMARTS) is 1. The lowest BCUT2D eigenvalue weighted by Crippen LogP contribution is -2.20. The average molecular weight is 554 g/mol. The number of halogens is 3. The van der Waals surface area contributed by atoms with Gasteiger partial charge in [0.15, 0.2) is 5.82 Å². The van der Waals surface area contributed by atoms with Gasteiger partial charge in [-0.25, -0.2) is 9.59 Å². The van der Waals surface area contributed by atoms with Gasteiger partial charge in [0.25, 0.3) is 5.88 Å². The Morgan fingerprint density at radius 1 is 0.900 bits per heavy atom. The van der Waals surface area contributed by atoms with Crippen LogP contribution < -0.4 is 20.7 Å². The topological polar surface area (TPSA) is 158 Å². The molecular weight excluding hydrogens is 533 g/mol. The van der Waals surface area contributed by atoms with E-state index in [1.165, 1.54) is 0 Å². The van der Waals surface area contributed by atoms with Crippen LogP contribution in [0.15, 0.2) is 73.1 Å². The number of anilines is 3. The highest BCUT2D eigenvalue weighted by Gasteiger charge is 2.30. The van der Waals surface area contributed by atoms with Crippen LogP contribution in [0.4, 0.5) is 40.0 Å². The van der Waals surface area contributed by atoms with Gasteiger partial charge in [-0.05, 0) is 53.6 Å². The largest absolute Gasteiger partial charge is 0.512 e. The van der Waals surface area contributed by atoms with E-state index in [-0.39, 0.29) is 36.1 Å². The second-order valence-electron chi connectivity index (χ2n) is 8.35. The molecule has 2 aromatic carbocycles. The van der Waals surface area contributed by atoms with Crippen LogP contribution >= 0.6 is 0 Å². The molecule has 0 saturated carbocycles. The number of urea groups is 1. The maximum absolute atomic E-state index is 12.7. The summed E-state index contributed by atoms with van der Waals surface area (Å²) in [6.07, 6.45) is -2.62. The van der Waals surface area contributed by atoms with Gasteiger partial charge in [0, 0.05) is 30.2 Å². The number of amides is 3. The van der Waals surface area contributed by atoms with E-state index in [1.54, 1.807) is 48.8 Å². The molecule has 0 fully saturated rings. The van der Waals surface area contributed by atoms with Crippen molar-refractivity contribution in [3.05, 3.63) is 95.6 Å². The van der Waals surface area contributed by atoms with E-state index in [0.29, 0.717) is 5.69 Å². The monoisotopic (exact) mass is 554 g/mol. The van der Waals surface area contributed by atoms with Gasteiger partial charge in [0.1, 0.15) is 5.82 Å². The zero-order chi connectivity index (χ0) is 28.7. The third kappa shape index (κ3) is 7.80. The number of benzene rings is 2. The number of H-pyrrole nitrogens is 1. The lowest BCUT2D eigenvalue weighted by Gasteiger charge is -2.09. The molecule has 0 spiro atoms. The van der Waals surface area contributed by atoms with Crippen LogP contribution in [0.25, 0.3) is 0 Å². The minimum atomic E-state index is -4.52. The molecule has 0 atom stereocenters. The van der Waals surface area contributed by atoms with Crippen molar-refractivity contribution < 1.29 is 37.4 Å². The molecular formula is C26H21F3N6O5. The van der Waals surface area contributed by atoms with E-state index in [4.69, 9.17) is 5.11 Å². The first-order valence-electron chi connectivity index (χ1n) is 11.6. The summed E-state index contributed by atoms with van der Waals surface area (Å²) in [6, 6.07) is 13.2. The molecule has 11 nitrogen and oxygen atoms in total. The van der Waals surface area contributed by atoms with Crippen LogP contribution in [0, 0.1) is 0 Å². The highest BCUT2D eigenvalue weighted by molar-refractivity contribution is 6.00. The first-order chi connectivity index (χ1) is 19.0. The number of aromatic nitrogens is 3. The quantitative estimate of drug-likeness (QED) is 0.185. The summed E-state index contributed by atoms with van der Waals surface area (Å²) in [6.45, 7) is 0. The molecule has 5 N–H and O–H groups in total. The van der Waals surface area contributed by atoms with Gasteiger partial charge >= 0.3 is 18.4 Å². The molecule has 0 aliphatic carbocycles. The molecule has 2 heterocycles. The second kappa shape index (κ2) is 12.0. The Kier molecular flexibility index (Phi) is 8.27. The summed E-state index contributed by atoms with van der Waals surface area (Å²) in [4.78, 5) is 46.5. The normalized spacial score (nSPS) is 11.0. The number of nitrogens with one attached hydrogen (secondary N) is 4. The first-order valence-corrected chi connectivity index (χ1v) is 11.6. The van der Waals surface area contributed by atoms with Crippen LogP contribution in [0.3, 0.4) is 0 Å². The van der Waals surface area contributed by atoms with Crippen molar-refractivity contribution >= 4 is 35.3 Å². The van der Waals surface area contributed by atoms with Crippen LogP contribution in [0.2, 0.25) is 0 Å². The van der Waals surface area contributed by atoms with E-state index in [1.807, 2.05) is 0 Å². The third-order valence-electron chi connectivity index (χ3n) is 5.31. The highest BCUT2D eigenvalue weighted by Crippen LogP contribution is 2.30. The number of alkyl halides is 3. The number of aromatic amines is 1. The van der Waals surface area contributed by atoms with Crippen LogP contribution in [-0.2, 0) is 23.8 Å². The number of carbonyl (C=O) groups excluding carboxylic acids is 2. The molecule has 40 heavy (non-hydrogen) atoms. The summed E-state index contributed by atoms with van der Waals surface area (Å²) >= 11 is 0. The molecule has 0 saturated heterocycles. The minimum Gasteiger partial charge on any atom is -0.449 e. The van der Waals surface area contributed by atoms with Gasteiger partial charge in [0.05, 0.1) is 12.0 Å². The van der Waals surface area contributed by atoms with Gasteiger partial charge in [-0.15, -0.1) is 0 Å². The van der Waals surface area contributed by atoms with E-state index < -0.39 is 29.8 Å². The van der Waals surface area contributed by atoms with Crippen molar-refractivity contribution in [2.45, 2.75) is 19.0 Å². The van der Waals surface area contributed by atoms with Gasteiger partial charge in [-0.2, -0.15) is 18.2 Å². The maximum atomic E-state index is 12.7. The van der Waals surface area contributed by atoms with Crippen molar-refractivity contribution in [2.24, 2.45) is 0 Å². The average Bonchev–Trinajstić information content (AvgIpc) is 3.24. The summed E-state index contributed by atoms with van der Waals surface area (Å²) in [5.74, 6) is -0.576. The summed E-state index contributed by atoms with van der Waals surface area (Å²) < 4.78 is 42.8. The lowest BCUT2D eigenvalue weighted by atomic mass is 10.1. The summed E-state index contributed by atoms with van der Waals surface area (Å²) in [7, 11) is 0. The molecule has 3 amide bonds. The zero-order valence-electron chi connectivity index (χ0n) is 20.5. The molecule has 0 unspecified atom stereocenters. The summed E-state index contributed by atoms with van der Waals surface area (Å²) in [5.41, 5.74) is 1.26. The van der Waals surface area contributed by atoms with Gasteiger partial charge < -0.3 is 25.5 Å². The van der Waals surface area contributed by atoms with E-state index in [0.717, 1.165) is 35.4 Å². The predicted octanol–water partition coefficient (Wildman–Crippen LogP) is 5.30. The molecule has 0 radical (unpaired) electrons. The molecule has 2 aromatic heterocycles. The second-order valence-corrected chi connectivity index (χ2v) is 8.35. The fourth-order valence-corrected chi connectivity index (χ4v) is 3.54. The standard InChI is InChI=1S/C26H21F3N6O5/c27-26(28,29)17-5-9-19(10-6-17)32-24(37)35-22-23(40-25(38)39)34-20(33-22)12-15-3-7-18(8-4-15)31-21(36)13-16-2-1-11-30-14-16/h1-11,14H,12-13H2,(H,31,36)(H,33,34)(H,38,39)(H2,32,35,37). The molecule has 206 valence electrons. The van der Waals surface area contributed by atoms with Crippen molar-refractivity contribution in [3.8, 4) is 5.88 Å². The number of carbonyl (C=O) groups is 3. The molecule has 0 aliphatic heterocycles. The van der Waals surface area contributed by atoms with Gasteiger partial charge in [0.2, 0.25) is 5.91 Å². The number of hydrogen-bond acceptors (Lipinski definition) is 6. The summed E-state index contributed by atoms with van der Waals surface area (Å²) in [5, 5.41) is 16.5. The van der Waals surface area contributed by atoms with Crippen molar-refractivity contribution in [1.29, 1.82) is 0 Å². The predicted molar refractivity (Wildman–Crippen MR) is 137 cm³/mol. The van der Waals surface area contributed by atoms with Gasteiger partial charge in [-0.3, -0.25) is 15.1 Å².